The van der Waals surface area contributed by atoms with Crippen molar-refractivity contribution in [3.8, 4) is 6.07 Å². The lowest BCUT2D eigenvalue weighted by Crippen LogP contribution is -2.45. The molecule has 1 aromatic heterocycles. The highest BCUT2D eigenvalue weighted by atomic mass is 16.2. The van der Waals surface area contributed by atoms with Gasteiger partial charge in [0.05, 0.1) is 12.6 Å². The zero-order chi connectivity index (χ0) is 17.2. The van der Waals surface area contributed by atoms with Crippen molar-refractivity contribution in [1.82, 2.24) is 15.2 Å². The third kappa shape index (κ3) is 3.38. The summed E-state index contributed by atoms with van der Waals surface area (Å²) < 4.78 is 0. The summed E-state index contributed by atoms with van der Waals surface area (Å²) in [4.78, 5) is 17.8. The number of para-hydroxylation sites is 1. The van der Waals surface area contributed by atoms with E-state index >= 15 is 0 Å². The summed E-state index contributed by atoms with van der Waals surface area (Å²) in [6.07, 6.45) is 2.19. The number of rotatable bonds is 4. The van der Waals surface area contributed by atoms with Gasteiger partial charge in [0.2, 0.25) is 0 Å². The van der Waals surface area contributed by atoms with Crippen LogP contribution in [0.15, 0.2) is 24.3 Å². The van der Waals surface area contributed by atoms with E-state index in [1.54, 1.807) is 0 Å². The molecule has 0 spiro atoms. The van der Waals surface area contributed by atoms with Crippen LogP contribution in [0.4, 0.5) is 4.79 Å². The first-order valence-corrected chi connectivity index (χ1v) is 8.48. The highest BCUT2D eigenvalue weighted by Gasteiger charge is 2.25. The summed E-state index contributed by atoms with van der Waals surface area (Å²) in [5.74, 6) is 0. The van der Waals surface area contributed by atoms with Crippen LogP contribution in [0.2, 0.25) is 0 Å². The second-order valence-corrected chi connectivity index (χ2v) is 7.28. The summed E-state index contributed by atoms with van der Waals surface area (Å²) in [5, 5.41) is 13.0. The van der Waals surface area contributed by atoms with Crippen molar-refractivity contribution in [2.45, 2.75) is 39.7 Å². The number of carbonyl (C=O) groups is 1. The van der Waals surface area contributed by atoms with Crippen LogP contribution in [0.25, 0.3) is 10.9 Å². The number of carbonyl (C=O) groups excluding carboxylic acids is 1. The van der Waals surface area contributed by atoms with Crippen molar-refractivity contribution >= 4 is 16.9 Å². The Morgan fingerprint density at radius 2 is 2.21 bits per heavy atom. The van der Waals surface area contributed by atoms with Crippen LogP contribution in [0, 0.1) is 16.7 Å². The van der Waals surface area contributed by atoms with Gasteiger partial charge in [-0.1, -0.05) is 32.0 Å². The Hall–Kier alpha value is -2.48. The molecule has 24 heavy (non-hydrogen) atoms. The maximum absolute atomic E-state index is 12.5. The molecule has 3 rings (SSSR count). The molecule has 0 bridgehead atoms. The second kappa shape index (κ2) is 6.56. The maximum atomic E-state index is 12.5. The number of hydrogen-bond donors (Lipinski definition) is 2. The summed E-state index contributed by atoms with van der Waals surface area (Å²) in [6, 6.07) is 10.4. The standard InChI is InChI=1S/C19H24N4O/c1-19(2,9-5-10-20)13-21-18(24)23-11-8-15-14-6-3-4-7-16(14)22-17(15)12-23/h3-4,6-7,22H,5,8-9,11-13H2,1-2H3,(H,21,24). The lowest BCUT2D eigenvalue weighted by molar-refractivity contribution is 0.185. The SMILES string of the molecule is CC(C)(CCC#N)CNC(=O)N1CCc2c([nH]c3ccccc23)C1. The summed E-state index contributed by atoms with van der Waals surface area (Å²) >= 11 is 0. The third-order valence-electron chi connectivity index (χ3n) is 4.80. The molecular weight excluding hydrogens is 300 g/mol. The minimum atomic E-state index is -0.0621. The number of nitrogens with one attached hydrogen (secondary N) is 2. The topological polar surface area (TPSA) is 71.9 Å². The zero-order valence-electron chi connectivity index (χ0n) is 14.4. The smallest absolute Gasteiger partial charge is 0.317 e. The van der Waals surface area contributed by atoms with E-state index in [9.17, 15) is 4.79 Å². The molecule has 2 aromatic rings. The van der Waals surface area contributed by atoms with E-state index in [4.69, 9.17) is 5.26 Å². The molecule has 2 amide bonds. The minimum Gasteiger partial charge on any atom is -0.357 e. The number of nitrogens with zero attached hydrogens (tertiary/aromatic N) is 2. The maximum Gasteiger partial charge on any atom is 0.317 e. The van der Waals surface area contributed by atoms with E-state index in [0.29, 0.717) is 19.5 Å². The summed E-state index contributed by atoms with van der Waals surface area (Å²) in [7, 11) is 0. The Morgan fingerprint density at radius 1 is 1.42 bits per heavy atom. The van der Waals surface area contributed by atoms with Crippen LogP contribution in [-0.4, -0.2) is 29.0 Å². The fourth-order valence-corrected chi connectivity index (χ4v) is 3.28. The van der Waals surface area contributed by atoms with E-state index in [0.717, 1.165) is 30.6 Å². The van der Waals surface area contributed by atoms with E-state index in [1.807, 2.05) is 11.0 Å². The van der Waals surface area contributed by atoms with Crippen molar-refractivity contribution in [1.29, 1.82) is 5.26 Å². The van der Waals surface area contributed by atoms with Crippen LogP contribution in [0.1, 0.15) is 37.9 Å². The van der Waals surface area contributed by atoms with Gasteiger partial charge in [0.1, 0.15) is 0 Å². The van der Waals surface area contributed by atoms with Crippen LogP contribution in [0.3, 0.4) is 0 Å². The van der Waals surface area contributed by atoms with E-state index < -0.39 is 0 Å². The van der Waals surface area contributed by atoms with Gasteiger partial charge in [0.25, 0.3) is 0 Å². The lowest BCUT2D eigenvalue weighted by Gasteiger charge is -2.30. The fourth-order valence-electron chi connectivity index (χ4n) is 3.28. The number of benzene rings is 1. The molecule has 5 heteroatoms. The van der Waals surface area contributed by atoms with Crippen LogP contribution in [-0.2, 0) is 13.0 Å². The lowest BCUT2D eigenvalue weighted by atomic mass is 9.88. The largest absolute Gasteiger partial charge is 0.357 e. The second-order valence-electron chi connectivity index (χ2n) is 7.28. The van der Waals surface area contributed by atoms with E-state index in [-0.39, 0.29) is 11.4 Å². The zero-order valence-corrected chi connectivity index (χ0v) is 14.4. The number of urea groups is 1. The Morgan fingerprint density at radius 3 is 3.00 bits per heavy atom. The molecule has 1 aromatic carbocycles. The predicted molar refractivity (Wildman–Crippen MR) is 94.4 cm³/mol. The van der Waals surface area contributed by atoms with Gasteiger partial charge >= 0.3 is 6.03 Å². The van der Waals surface area contributed by atoms with Gasteiger partial charge in [-0.3, -0.25) is 0 Å². The summed E-state index contributed by atoms with van der Waals surface area (Å²) in [5.41, 5.74) is 3.56. The number of fused-ring (bicyclic) bond motifs is 3. The number of H-pyrrole nitrogens is 1. The Labute approximate surface area is 142 Å². The van der Waals surface area contributed by atoms with Gasteiger partial charge in [0, 0.05) is 36.1 Å². The number of aromatic nitrogens is 1. The van der Waals surface area contributed by atoms with Crippen LogP contribution in [0.5, 0.6) is 0 Å². The fraction of sp³-hybridized carbons (Fsp3) is 0.474. The van der Waals surface area contributed by atoms with E-state index in [2.05, 4.69) is 48.4 Å². The van der Waals surface area contributed by atoms with Crippen molar-refractivity contribution < 1.29 is 4.79 Å². The Bertz CT molecular complexity index is 784. The van der Waals surface area contributed by atoms with E-state index in [1.165, 1.54) is 10.9 Å². The first-order chi connectivity index (χ1) is 11.5. The summed E-state index contributed by atoms with van der Waals surface area (Å²) in [6.45, 7) is 6.10. The molecule has 2 heterocycles. The minimum absolute atomic E-state index is 0.0238. The molecule has 2 N–H and O–H groups in total. The first kappa shape index (κ1) is 16.4. The monoisotopic (exact) mass is 324 g/mol. The predicted octanol–water partition coefficient (Wildman–Crippen LogP) is 3.57. The molecule has 0 unspecified atom stereocenters. The third-order valence-corrected chi connectivity index (χ3v) is 4.80. The molecule has 1 aliphatic heterocycles. The molecule has 0 fully saturated rings. The molecule has 0 aliphatic carbocycles. The highest BCUT2D eigenvalue weighted by molar-refractivity contribution is 5.85. The molecule has 1 aliphatic rings. The van der Waals surface area contributed by atoms with Gasteiger partial charge in [-0.05, 0) is 29.9 Å². The quantitative estimate of drug-likeness (QED) is 0.902. The van der Waals surface area contributed by atoms with Crippen molar-refractivity contribution in [3.63, 3.8) is 0 Å². The van der Waals surface area contributed by atoms with Crippen molar-refractivity contribution in [2.24, 2.45) is 5.41 Å². The normalized spacial score (nSPS) is 14.3. The Balaban J connectivity index is 1.63. The van der Waals surface area contributed by atoms with Gasteiger partial charge in [-0.25, -0.2) is 4.79 Å². The van der Waals surface area contributed by atoms with Crippen LogP contribution < -0.4 is 5.32 Å². The molecule has 5 nitrogen and oxygen atoms in total. The number of nitriles is 1. The molecule has 126 valence electrons. The molecular formula is C19H24N4O. The molecule has 0 atom stereocenters. The highest BCUT2D eigenvalue weighted by Crippen LogP contribution is 2.27. The average Bonchev–Trinajstić information content (AvgIpc) is 2.95. The van der Waals surface area contributed by atoms with Crippen molar-refractivity contribution in [3.05, 3.63) is 35.5 Å². The van der Waals surface area contributed by atoms with Gasteiger partial charge in [-0.15, -0.1) is 0 Å². The first-order valence-electron chi connectivity index (χ1n) is 8.48. The van der Waals surface area contributed by atoms with Gasteiger partial charge < -0.3 is 15.2 Å². The average molecular weight is 324 g/mol. The van der Waals surface area contributed by atoms with Crippen LogP contribution >= 0.6 is 0 Å². The van der Waals surface area contributed by atoms with Gasteiger partial charge in [0.15, 0.2) is 0 Å². The number of aromatic amines is 1. The molecule has 0 saturated heterocycles. The molecule has 0 saturated carbocycles. The van der Waals surface area contributed by atoms with Crippen molar-refractivity contribution in [2.75, 3.05) is 13.1 Å². The Kier molecular flexibility index (Phi) is 4.48. The molecule has 0 radical (unpaired) electrons. The van der Waals surface area contributed by atoms with Gasteiger partial charge in [-0.2, -0.15) is 5.26 Å². The number of hydrogen-bond acceptors (Lipinski definition) is 2. The number of amides is 2.